The average molecular weight is 396 g/mol. The number of nitrogens with one attached hydrogen (secondary N) is 1. The average Bonchev–Trinajstić information content (AvgIpc) is 3.21. The molecule has 1 unspecified atom stereocenters. The number of carbonyl (C=O) groups is 1. The highest BCUT2D eigenvalue weighted by Crippen LogP contribution is 2.23. The van der Waals surface area contributed by atoms with Crippen LogP contribution in [-0.4, -0.2) is 37.8 Å². The minimum Gasteiger partial charge on any atom is -0.403 e. The zero-order chi connectivity index (χ0) is 20.3. The van der Waals surface area contributed by atoms with Crippen LogP contribution in [0.3, 0.4) is 0 Å². The number of hydrogen-bond acceptors (Lipinski definition) is 8. The summed E-state index contributed by atoms with van der Waals surface area (Å²) in [5.41, 5.74) is 4.13. The maximum atomic E-state index is 13.0. The highest BCUT2D eigenvalue weighted by molar-refractivity contribution is 6.16. The Kier molecular flexibility index (Phi) is 4.57. The maximum Gasteiger partial charge on any atom is 0.317 e. The molecule has 0 spiro atoms. The molecule has 1 aliphatic heterocycles. The summed E-state index contributed by atoms with van der Waals surface area (Å²) in [7, 11) is 0. The van der Waals surface area contributed by atoms with Crippen LogP contribution in [-0.2, 0) is 11.2 Å². The number of anilines is 1. The molecule has 5 rings (SSSR count). The van der Waals surface area contributed by atoms with E-state index in [-0.39, 0.29) is 24.1 Å². The van der Waals surface area contributed by atoms with Gasteiger partial charge in [-0.1, -0.05) is 59.7 Å². The standard InChI is InChI=1S/C22H16N6O2/c29-18-10-15-8-4-5-9-17(15)19(14-6-2-1-3-7-14)25-20(18)26-22-28-27-21(30-22)16-11-23-13-24-12-16/h1-9,11-13,20H,10H2,(H,26,28). The van der Waals surface area contributed by atoms with E-state index in [2.05, 4.69) is 25.5 Å². The van der Waals surface area contributed by atoms with E-state index < -0.39 is 6.17 Å². The summed E-state index contributed by atoms with van der Waals surface area (Å²) < 4.78 is 5.64. The molecular weight excluding hydrogens is 380 g/mol. The number of aliphatic imine (C=N–C) groups is 1. The Morgan fingerprint density at radius 1 is 0.900 bits per heavy atom. The molecule has 0 bridgehead atoms. The highest BCUT2D eigenvalue weighted by Gasteiger charge is 2.27. The van der Waals surface area contributed by atoms with Crippen LogP contribution in [0.5, 0.6) is 0 Å². The summed E-state index contributed by atoms with van der Waals surface area (Å²) >= 11 is 0. The summed E-state index contributed by atoms with van der Waals surface area (Å²) in [5, 5.41) is 11.0. The number of aromatic nitrogens is 4. The van der Waals surface area contributed by atoms with E-state index in [1.54, 1.807) is 12.4 Å². The fourth-order valence-corrected chi connectivity index (χ4v) is 3.32. The first-order valence-corrected chi connectivity index (χ1v) is 9.37. The van der Waals surface area contributed by atoms with Crippen LogP contribution in [0.1, 0.15) is 16.7 Å². The SMILES string of the molecule is O=C1Cc2ccccc2C(c2ccccc2)=NC1Nc1nnc(-c2cncnc2)o1. The van der Waals surface area contributed by atoms with Crippen molar-refractivity contribution in [2.75, 3.05) is 5.32 Å². The van der Waals surface area contributed by atoms with E-state index in [1.807, 2.05) is 54.6 Å². The monoisotopic (exact) mass is 396 g/mol. The van der Waals surface area contributed by atoms with Crippen molar-refractivity contribution in [3.05, 3.63) is 90.0 Å². The molecular formula is C22H16N6O2. The molecule has 3 heterocycles. The van der Waals surface area contributed by atoms with Gasteiger partial charge >= 0.3 is 6.01 Å². The fraction of sp³-hybridized carbons (Fsp3) is 0.0909. The number of fused-ring (bicyclic) bond motifs is 1. The Balaban J connectivity index is 1.51. The van der Waals surface area contributed by atoms with E-state index in [9.17, 15) is 4.79 Å². The van der Waals surface area contributed by atoms with Gasteiger partial charge in [-0.15, -0.1) is 5.10 Å². The second-order valence-electron chi connectivity index (χ2n) is 6.73. The maximum absolute atomic E-state index is 13.0. The Labute approximate surface area is 171 Å². The van der Waals surface area contributed by atoms with Gasteiger partial charge in [-0.25, -0.2) is 9.97 Å². The summed E-state index contributed by atoms with van der Waals surface area (Å²) in [4.78, 5) is 25.6. The van der Waals surface area contributed by atoms with Gasteiger partial charge in [0.15, 0.2) is 11.9 Å². The Bertz CT molecular complexity index is 1220. The molecule has 8 nitrogen and oxygen atoms in total. The lowest BCUT2D eigenvalue weighted by atomic mass is 9.96. The minimum absolute atomic E-state index is 0.0869. The largest absolute Gasteiger partial charge is 0.403 e. The second-order valence-corrected chi connectivity index (χ2v) is 6.73. The Hall–Kier alpha value is -4.20. The highest BCUT2D eigenvalue weighted by atomic mass is 16.4. The van der Waals surface area contributed by atoms with E-state index >= 15 is 0 Å². The topological polar surface area (TPSA) is 106 Å². The van der Waals surface area contributed by atoms with Gasteiger partial charge in [-0.2, -0.15) is 0 Å². The molecule has 2 aromatic heterocycles. The number of hydrogen-bond donors (Lipinski definition) is 1. The minimum atomic E-state index is -0.854. The van der Waals surface area contributed by atoms with Crippen LogP contribution >= 0.6 is 0 Å². The van der Waals surface area contributed by atoms with E-state index in [1.165, 1.54) is 6.33 Å². The van der Waals surface area contributed by atoms with Crippen molar-refractivity contribution in [2.45, 2.75) is 12.6 Å². The summed E-state index contributed by atoms with van der Waals surface area (Å²) in [5.74, 6) is 0.172. The van der Waals surface area contributed by atoms with Gasteiger partial charge in [0.25, 0.3) is 5.89 Å². The lowest BCUT2D eigenvalue weighted by Gasteiger charge is -2.11. The molecule has 0 amide bonds. The van der Waals surface area contributed by atoms with Crippen molar-refractivity contribution in [3.63, 3.8) is 0 Å². The smallest absolute Gasteiger partial charge is 0.317 e. The molecule has 0 saturated heterocycles. The van der Waals surface area contributed by atoms with E-state index in [4.69, 9.17) is 9.41 Å². The van der Waals surface area contributed by atoms with Gasteiger partial charge in [0.05, 0.1) is 11.3 Å². The number of Topliss-reactive ketones (excluding diaryl/α,β-unsaturated/α-hetero) is 1. The third kappa shape index (κ3) is 3.46. The van der Waals surface area contributed by atoms with E-state index in [0.29, 0.717) is 5.56 Å². The predicted octanol–water partition coefficient (Wildman–Crippen LogP) is 2.93. The van der Waals surface area contributed by atoms with Gasteiger partial charge in [0.2, 0.25) is 0 Å². The zero-order valence-electron chi connectivity index (χ0n) is 15.8. The molecule has 0 saturated carbocycles. The van der Waals surface area contributed by atoms with Crippen LogP contribution in [0.4, 0.5) is 6.01 Å². The third-order valence-electron chi connectivity index (χ3n) is 4.74. The Morgan fingerprint density at radius 3 is 2.50 bits per heavy atom. The van der Waals surface area contributed by atoms with Crippen LogP contribution < -0.4 is 5.32 Å². The van der Waals surface area contributed by atoms with Crippen molar-refractivity contribution in [2.24, 2.45) is 4.99 Å². The van der Waals surface area contributed by atoms with Crippen LogP contribution in [0.15, 0.2) is 82.7 Å². The number of nitrogens with zero attached hydrogens (tertiary/aromatic N) is 5. The van der Waals surface area contributed by atoms with Crippen molar-refractivity contribution in [3.8, 4) is 11.5 Å². The molecule has 0 aliphatic carbocycles. The van der Waals surface area contributed by atoms with Crippen molar-refractivity contribution in [1.29, 1.82) is 0 Å². The van der Waals surface area contributed by atoms with Crippen molar-refractivity contribution in [1.82, 2.24) is 20.2 Å². The molecule has 1 aliphatic rings. The molecule has 8 heteroatoms. The third-order valence-corrected chi connectivity index (χ3v) is 4.74. The molecule has 2 aromatic carbocycles. The number of benzene rings is 2. The van der Waals surface area contributed by atoms with Crippen LogP contribution in [0.2, 0.25) is 0 Å². The fourth-order valence-electron chi connectivity index (χ4n) is 3.32. The predicted molar refractivity (Wildman–Crippen MR) is 110 cm³/mol. The van der Waals surface area contributed by atoms with Gasteiger partial charge < -0.3 is 9.73 Å². The van der Waals surface area contributed by atoms with Crippen LogP contribution in [0, 0.1) is 0 Å². The van der Waals surface area contributed by atoms with Gasteiger partial charge in [-0.05, 0) is 5.56 Å². The first-order valence-electron chi connectivity index (χ1n) is 9.37. The van der Waals surface area contributed by atoms with Gasteiger partial charge in [0.1, 0.15) is 6.33 Å². The molecule has 1 N–H and O–H groups in total. The van der Waals surface area contributed by atoms with Crippen molar-refractivity contribution >= 4 is 17.5 Å². The van der Waals surface area contributed by atoms with E-state index in [0.717, 1.165) is 22.4 Å². The summed E-state index contributed by atoms with van der Waals surface area (Å²) in [6.07, 6.45) is 3.96. The second kappa shape index (κ2) is 7.67. The lowest BCUT2D eigenvalue weighted by Crippen LogP contribution is -2.29. The van der Waals surface area contributed by atoms with Crippen LogP contribution in [0.25, 0.3) is 11.5 Å². The number of rotatable bonds is 4. The zero-order valence-corrected chi connectivity index (χ0v) is 15.8. The number of ketones is 1. The summed E-state index contributed by atoms with van der Waals surface area (Å²) in [6.45, 7) is 0. The molecule has 0 radical (unpaired) electrons. The molecule has 30 heavy (non-hydrogen) atoms. The normalized spacial score (nSPS) is 15.8. The quantitative estimate of drug-likeness (QED) is 0.565. The van der Waals surface area contributed by atoms with Crippen molar-refractivity contribution < 1.29 is 9.21 Å². The van der Waals surface area contributed by atoms with Gasteiger partial charge in [0, 0.05) is 29.9 Å². The molecule has 1 atom stereocenters. The first kappa shape index (κ1) is 17.9. The van der Waals surface area contributed by atoms with Gasteiger partial charge in [-0.3, -0.25) is 9.79 Å². The molecule has 4 aromatic rings. The molecule has 146 valence electrons. The molecule has 0 fully saturated rings. The Morgan fingerprint density at radius 2 is 1.67 bits per heavy atom. The number of carbonyl (C=O) groups excluding carboxylic acids is 1. The summed E-state index contributed by atoms with van der Waals surface area (Å²) in [6, 6.07) is 17.7. The first-order chi connectivity index (χ1) is 14.8. The lowest BCUT2D eigenvalue weighted by molar-refractivity contribution is -0.119.